The Morgan fingerprint density at radius 1 is 1.50 bits per heavy atom. The highest BCUT2D eigenvalue weighted by Gasteiger charge is 2.12. The quantitative estimate of drug-likeness (QED) is 0.833. The highest BCUT2D eigenvalue weighted by Crippen LogP contribution is 2.14. The zero-order valence-electron chi connectivity index (χ0n) is 11.8. The summed E-state index contributed by atoms with van der Waals surface area (Å²) in [6, 6.07) is 6.57. The molecule has 1 aromatic rings. The second kappa shape index (κ2) is 7.61. The van der Waals surface area contributed by atoms with Gasteiger partial charge in [0.1, 0.15) is 11.9 Å². The Morgan fingerprint density at radius 2 is 2.20 bits per heavy atom. The second-order valence-corrected chi connectivity index (χ2v) is 4.99. The Morgan fingerprint density at radius 3 is 2.75 bits per heavy atom. The third-order valence-corrected chi connectivity index (χ3v) is 3.10. The fourth-order valence-electron chi connectivity index (χ4n) is 1.94. The van der Waals surface area contributed by atoms with Crippen LogP contribution in [0.2, 0.25) is 0 Å². The van der Waals surface area contributed by atoms with Crippen molar-refractivity contribution < 1.29 is 14.3 Å². The van der Waals surface area contributed by atoms with Gasteiger partial charge in [0.05, 0.1) is 5.56 Å². The van der Waals surface area contributed by atoms with Crippen molar-refractivity contribution in [1.29, 1.82) is 5.26 Å². The number of carboxylic acid groups (broad SMARTS) is 1. The number of nitrogens with zero attached hydrogens (tertiary/aromatic N) is 2. The van der Waals surface area contributed by atoms with Crippen LogP contribution in [-0.2, 0) is 11.3 Å². The molecule has 20 heavy (non-hydrogen) atoms. The smallest absolute Gasteiger partial charge is 0.303 e. The van der Waals surface area contributed by atoms with Gasteiger partial charge >= 0.3 is 5.97 Å². The van der Waals surface area contributed by atoms with Crippen LogP contribution in [0.1, 0.15) is 37.8 Å². The van der Waals surface area contributed by atoms with E-state index in [4.69, 9.17) is 10.4 Å². The normalized spacial score (nSPS) is 10.8. The summed E-state index contributed by atoms with van der Waals surface area (Å²) in [7, 11) is 0. The molecule has 0 aliphatic rings. The van der Waals surface area contributed by atoms with E-state index in [1.165, 1.54) is 6.07 Å². The molecule has 0 amide bonds. The number of hydrogen-bond donors (Lipinski definition) is 1. The first-order valence-corrected chi connectivity index (χ1v) is 6.58. The lowest BCUT2D eigenvalue weighted by molar-refractivity contribution is -0.137. The van der Waals surface area contributed by atoms with Gasteiger partial charge in [0.2, 0.25) is 0 Å². The molecule has 5 heteroatoms. The average molecular weight is 278 g/mol. The van der Waals surface area contributed by atoms with Crippen molar-refractivity contribution in [2.75, 3.05) is 6.54 Å². The van der Waals surface area contributed by atoms with Gasteiger partial charge in [-0.3, -0.25) is 9.69 Å². The zero-order valence-corrected chi connectivity index (χ0v) is 11.8. The molecule has 0 aliphatic heterocycles. The molecule has 0 aromatic heterocycles. The lowest BCUT2D eigenvalue weighted by Gasteiger charge is -2.26. The lowest BCUT2D eigenvalue weighted by atomic mass is 10.1. The third-order valence-electron chi connectivity index (χ3n) is 3.10. The molecule has 0 saturated carbocycles. The minimum atomic E-state index is -0.803. The Kier molecular flexibility index (Phi) is 6.13. The minimum Gasteiger partial charge on any atom is -0.481 e. The molecule has 0 atom stereocenters. The first kappa shape index (κ1) is 16.1. The van der Waals surface area contributed by atoms with E-state index in [1.807, 2.05) is 19.9 Å². The molecule has 0 spiro atoms. The molecule has 0 unspecified atom stereocenters. The first-order chi connectivity index (χ1) is 9.43. The van der Waals surface area contributed by atoms with Crippen LogP contribution in [0.15, 0.2) is 18.2 Å². The maximum atomic E-state index is 13.3. The van der Waals surface area contributed by atoms with Crippen molar-refractivity contribution in [2.45, 2.75) is 39.3 Å². The monoisotopic (exact) mass is 278 g/mol. The van der Waals surface area contributed by atoms with E-state index in [2.05, 4.69) is 4.90 Å². The molecule has 0 heterocycles. The highest BCUT2D eigenvalue weighted by molar-refractivity contribution is 5.66. The highest BCUT2D eigenvalue weighted by atomic mass is 19.1. The summed E-state index contributed by atoms with van der Waals surface area (Å²) in [6.45, 7) is 5.28. The van der Waals surface area contributed by atoms with Crippen LogP contribution >= 0.6 is 0 Å². The SMILES string of the molecule is CC(C)N(CCCC(=O)O)Cc1ccc(F)c(C#N)c1. The van der Waals surface area contributed by atoms with Crippen molar-refractivity contribution in [3.8, 4) is 6.07 Å². The molecule has 0 radical (unpaired) electrons. The number of nitriles is 1. The number of benzene rings is 1. The topological polar surface area (TPSA) is 64.3 Å². The molecule has 1 rings (SSSR count). The van der Waals surface area contributed by atoms with Gasteiger partial charge in [0.25, 0.3) is 0 Å². The first-order valence-electron chi connectivity index (χ1n) is 6.58. The van der Waals surface area contributed by atoms with Crippen LogP contribution in [0.25, 0.3) is 0 Å². The van der Waals surface area contributed by atoms with Gasteiger partial charge in [-0.25, -0.2) is 4.39 Å². The molecule has 1 aromatic carbocycles. The average Bonchev–Trinajstić information content (AvgIpc) is 2.39. The molecule has 0 saturated heterocycles. The van der Waals surface area contributed by atoms with E-state index in [-0.39, 0.29) is 18.0 Å². The van der Waals surface area contributed by atoms with Crippen molar-refractivity contribution >= 4 is 5.97 Å². The maximum Gasteiger partial charge on any atom is 0.303 e. The second-order valence-electron chi connectivity index (χ2n) is 4.99. The molecule has 0 bridgehead atoms. The number of carbonyl (C=O) groups is 1. The molecule has 0 aliphatic carbocycles. The van der Waals surface area contributed by atoms with Crippen LogP contribution in [-0.4, -0.2) is 28.6 Å². The molecule has 4 nitrogen and oxygen atoms in total. The van der Waals surface area contributed by atoms with Gasteiger partial charge in [-0.05, 0) is 44.5 Å². The third kappa shape index (κ3) is 4.98. The van der Waals surface area contributed by atoms with Crippen molar-refractivity contribution in [2.24, 2.45) is 0 Å². The summed E-state index contributed by atoms with van der Waals surface area (Å²) in [4.78, 5) is 12.6. The maximum absolute atomic E-state index is 13.3. The molecule has 1 N–H and O–H groups in total. The molecular formula is C15H19FN2O2. The summed E-state index contributed by atoms with van der Waals surface area (Å²) in [5.74, 6) is -1.32. The van der Waals surface area contributed by atoms with Gasteiger partial charge < -0.3 is 5.11 Å². The minimum absolute atomic E-state index is 0.0387. The Hall–Kier alpha value is -1.93. The van der Waals surface area contributed by atoms with E-state index in [1.54, 1.807) is 12.1 Å². The van der Waals surface area contributed by atoms with Crippen LogP contribution in [0, 0.1) is 17.1 Å². The van der Waals surface area contributed by atoms with E-state index in [0.717, 1.165) is 5.56 Å². The number of carboxylic acids is 1. The summed E-state index contributed by atoms with van der Waals surface area (Å²) in [6.07, 6.45) is 0.704. The van der Waals surface area contributed by atoms with Crippen molar-refractivity contribution in [3.05, 3.63) is 35.1 Å². The van der Waals surface area contributed by atoms with Crippen molar-refractivity contribution in [3.63, 3.8) is 0 Å². The van der Waals surface area contributed by atoms with E-state index < -0.39 is 11.8 Å². The van der Waals surface area contributed by atoms with Gasteiger partial charge in [-0.2, -0.15) is 5.26 Å². The van der Waals surface area contributed by atoms with Gasteiger partial charge in [-0.15, -0.1) is 0 Å². The summed E-state index contributed by atoms with van der Waals surface area (Å²) >= 11 is 0. The van der Waals surface area contributed by atoms with E-state index in [9.17, 15) is 9.18 Å². The predicted molar refractivity (Wildman–Crippen MR) is 73.5 cm³/mol. The summed E-state index contributed by atoms with van der Waals surface area (Å²) in [5.41, 5.74) is 0.892. The zero-order chi connectivity index (χ0) is 15.1. The van der Waals surface area contributed by atoms with Crippen LogP contribution in [0.5, 0.6) is 0 Å². The number of hydrogen-bond acceptors (Lipinski definition) is 3. The van der Waals surface area contributed by atoms with E-state index in [0.29, 0.717) is 19.5 Å². The van der Waals surface area contributed by atoms with Crippen LogP contribution in [0.3, 0.4) is 0 Å². The predicted octanol–water partition coefficient (Wildman–Crippen LogP) is 2.77. The molecular weight excluding hydrogens is 259 g/mol. The van der Waals surface area contributed by atoms with Crippen molar-refractivity contribution in [1.82, 2.24) is 4.90 Å². The largest absolute Gasteiger partial charge is 0.481 e. The number of halogens is 1. The Labute approximate surface area is 118 Å². The number of rotatable bonds is 7. The molecule has 108 valence electrons. The van der Waals surface area contributed by atoms with E-state index >= 15 is 0 Å². The van der Waals surface area contributed by atoms with Gasteiger partial charge in [-0.1, -0.05) is 6.07 Å². The summed E-state index contributed by atoms with van der Waals surface area (Å²) in [5, 5.41) is 17.5. The standard InChI is InChI=1S/C15H19FN2O2/c1-11(2)18(7-3-4-15(19)20)10-12-5-6-14(16)13(8-12)9-17/h5-6,8,11H,3-4,7,10H2,1-2H3,(H,19,20). The van der Waals surface area contributed by atoms with Gasteiger partial charge in [0, 0.05) is 19.0 Å². The van der Waals surface area contributed by atoms with Crippen LogP contribution < -0.4 is 0 Å². The van der Waals surface area contributed by atoms with Crippen LogP contribution in [0.4, 0.5) is 4.39 Å². The Bertz CT molecular complexity index is 509. The number of aliphatic carboxylic acids is 1. The Balaban J connectivity index is 2.70. The summed E-state index contributed by atoms with van der Waals surface area (Å²) < 4.78 is 13.3. The molecule has 0 fully saturated rings. The lowest BCUT2D eigenvalue weighted by Crippen LogP contribution is -2.31. The fraction of sp³-hybridized carbons (Fsp3) is 0.467. The fourth-order valence-corrected chi connectivity index (χ4v) is 1.94. The van der Waals surface area contributed by atoms with Gasteiger partial charge in [0.15, 0.2) is 0 Å².